The summed E-state index contributed by atoms with van der Waals surface area (Å²) >= 11 is 0. The van der Waals surface area contributed by atoms with Crippen LogP contribution < -0.4 is 10.6 Å². The smallest absolute Gasteiger partial charge is 0.226 e. The van der Waals surface area contributed by atoms with Gasteiger partial charge in [-0.05, 0) is 24.3 Å². The summed E-state index contributed by atoms with van der Waals surface area (Å²) in [6, 6.07) is 13.3. The van der Waals surface area contributed by atoms with Crippen LogP contribution in [0, 0.1) is 0 Å². The van der Waals surface area contributed by atoms with Crippen LogP contribution >= 0.6 is 0 Å². The van der Waals surface area contributed by atoms with Crippen molar-refractivity contribution in [3.05, 3.63) is 42.5 Å². The van der Waals surface area contributed by atoms with E-state index in [9.17, 15) is 9.59 Å². The van der Waals surface area contributed by atoms with E-state index >= 15 is 0 Å². The Kier molecular flexibility index (Phi) is 3.78. The van der Waals surface area contributed by atoms with Crippen molar-refractivity contribution in [1.82, 2.24) is 5.32 Å². The molecular formula is C17H16N2O3. The third kappa shape index (κ3) is 2.93. The van der Waals surface area contributed by atoms with Gasteiger partial charge in [-0.2, -0.15) is 0 Å². The molecule has 1 heterocycles. The van der Waals surface area contributed by atoms with Crippen LogP contribution in [-0.4, -0.2) is 18.4 Å². The lowest BCUT2D eigenvalue weighted by Crippen LogP contribution is -2.25. The third-order valence-electron chi connectivity index (χ3n) is 3.39. The Morgan fingerprint density at radius 2 is 1.82 bits per heavy atom. The summed E-state index contributed by atoms with van der Waals surface area (Å²) in [5, 5.41) is 7.42. The van der Waals surface area contributed by atoms with Crippen molar-refractivity contribution in [2.75, 3.05) is 11.9 Å². The van der Waals surface area contributed by atoms with Crippen LogP contribution in [0.15, 0.2) is 46.9 Å². The molecule has 3 rings (SSSR count). The number of hydrogen-bond acceptors (Lipinski definition) is 3. The van der Waals surface area contributed by atoms with Crippen molar-refractivity contribution >= 4 is 39.4 Å². The molecule has 0 aliphatic carbocycles. The van der Waals surface area contributed by atoms with E-state index in [-0.39, 0.29) is 18.2 Å². The number of carbonyl (C=O) groups excluding carboxylic acids is 2. The molecule has 0 saturated carbocycles. The van der Waals surface area contributed by atoms with Crippen molar-refractivity contribution in [2.24, 2.45) is 0 Å². The molecule has 112 valence electrons. The Morgan fingerprint density at radius 3 is 2.64 bits per heavy atom. The molecule has 2 aromatic carbocycles. The monoisotopic (exact) mass is 296 g/mol. The molecule has 3 aromatic rings. The molecule has 0 bridgehead atoms. The van der Waals surface area contributed by atoms with Gasteiger partial charge < -0.3 is 15.1 Å². The van der Waals surface area contributed by atoms with Crippen molar-refractivity contribution in [3.63, 3.8) is 0 Å². The molecule has 2 amide bonds. The van der Waals surface area contributed by atoms with Crippen LogP contribution in [-0.2, 0) is 9.59 Å². The van der Waals surface area contributed by atoms with Crippen LogP contribution in [0.4, 0.5) is 5.69 Å². The van der Waals surface area contributed by atoms with Gasteiger partial charge in [-0.25, -0.2) is 0 Å². The number of rotatable bonds is 4. The summed E-state index contributed by atoms with van der Waals surface area (Å²) in [5.74, 6) is -0.278. The molecule has 0 aliphatic heterocycles. The lowest BCUT2D eigenvalue weighted by atomic mass is 10.1. The van der Waals surface area contributed by atoms with Gasteiger partial charge in [-0.1, -0.05) is 18.2 Å². The standard InChI is InChI=1S/C17H16N2O3/c1-11(20)18-9-8-17(21)19-12-6-7-16-14(10-12)13-4-2-3-5-15(13)22-16/h2-7,10H,8-9H2,1H3,(H,18,20)(H,19,21). The highest BCUT2D eigenvalue weighted by molar-refractivity contribution is 6.06. The minimum atomic E-state index is -0.140. The molecule has 5 nitrogen and oxygen atoms in total. The van der Waals surface area contributed by atoms with Crippen LogP contribution in [0.5, 0.6) is 0 Å². The lowest BCUT2D eigenvalue weighted by molar-refractivity contribution is -0.119. The van der Waals surface area contributed by atoms with E-state index in [0.29, 0.717) is 12.2 Å². The number of hydrogen-bond donors (Lipinski definition) is 2. The summed E-state index contributed by atoms with van der Waals surface area (Å²) in [7, 11) is 0. The quantitative estimate of drug-likeness (QED) is 0.777. The second kappa shape index (κ2) is 5.89. The second-order valence-electron chi connectivity index (χ2n) is 5.09. The highest BCUT2D eigenvalue weighted by atomic mass is 16.3. The zero-order valence-corrected chi connectivity index (χ0v) is 12.2. The predicted molar refractivity (Wildman–Crippen MR) is 85.7 cm³/mol. The van der Waals surface area contributed by atoms with E-state index in [4.69, 9.17) is 4.42 Å². The Morgan fingerprint density at radius 1 is 1.05 bits per heavy atom. The summed E-state index contributed by atoms with van der Waals surface area (Å²) < 4.78 is 5.74. The van der Waals surface area contributed by atoms with Gasteiger partial charge in [-0.15, -0.1) is 0 Å². The average Bonchev–Trinajstić information content (AvgIpc) is 2.85. The van der Waals surface area contributed by atoms with Gasteiger partial charge in [0.05, 0.1) is 0 Å². The van der Waals surface area contributed by atoms with Gasteiger partial charge in [0.2, 0.25) is 11.8 Å². The Bertz CT molecular complexity index is 851. The maximum atomic E-state index is 11.8. The fourth-order valence-corrected chi connectivity index (χ4v) is 2.38. The van der Waals surface area contributed by atoms with Gasteiger partial charge in [0.25, 0.3) is 0 Å². The van der Waals surface area contributed by atoms with Crippen molar-refractivity contribution in [1.29, 1.82) is 0 Å². The zero-order valence-electron chi connectivity index (χ0n) is 12.2. The molecule has 0 aliphatic rings. The van der Waals surface area contributed by atoms with Gasteiger partial charge in [0.15, 0.2) is 0 Å². The van der Waals surface area contributed by atoms with Gasteiger partial charge in [-0.3, -0.25) is 9.59 Å². The minimum Gasteiger partial charge on any atom is -0.456 e. The summed E-state index contributed by atoms with van der Waals surface area (Å²) in [4.78, 5) is 22.6. The van der Waals surface area contributed by atoms with Crippen molar-refractivity contribution < 1.29 is 14.0 Å². The minimum absolute atomic E-state index is 0.138. The fourth-order valence-electron chi connectivity index (χ4n) is 2.38. The summed E-state index contributed by atoms with van der Waals surface area (Å²) in [5.41, 5.74) is 2.33. The number of para-hydroxylation sites is 1. The molecule has 0 unspecified atom stereocenters. The summed E-state index contributed by atoms with van der Waals surface area (Å²) in [6.07, 6.45) is 0.240. The lowest BCUT2D eigenvalue weighted by Gasteiger charge is -2.05. The topological polar surface area (TPSA) is 71.3 Å². The van der Waals surface area contributed by atoms with E-state index in [1.165, 1.54) is 6.92 Å². The number of furan rings is 1. The number of carbonyl (C=O) groups is 2. The number of benzene rings is 2. The molecule has 2 N–H and O–H groups in total. The number of anilines is 1. The van der Waals surface area contributed by atoms with Gasteiger partial charge >= 0.3 is 0 Å². The van der Waals surface area contributed by atoms with Crippen molar-refractivity contribution in [2.45, 2.75) is 13.3 Å². The Balaban J connectivity index is 1.78. The van der Waals surface area contributed by atoms with Crippen LogP contribution in [0.3, 0.4) is 0 Å². The number of nitrogens with one attached hydrogen (secondary N) is 2. The summed E-state index contributed by atoms with van der Waals surface area (Å²) in [6.45, 7) is 1.76. The van der Waals surface area contributed by atoms with E-state index in [1.807, 2.05) is 36.4 Å². The molecular weight excluding hydrogens is 280 g/mol. The van der Waals surface area contributed by atoms with Crippen LogP contribution in [0.25, 0.3) is 21.9 Å². The molecule has 0 spiro atoms. The average molecular weight is 296 g/mol. The fraction of sp³-hybridized carbons (Fsp3) is 0.176. The highest BCUT2D eigenvalue weighted by Gasteiger charge is 2.08. The molecule has 0 saturated heterocycles. The normalized spacial score (nSPS) is 10.8. The second-order valence-corrected chi connectivity index (χ2v) is 5.09. The molecule has 22 heavy (non-hydrogen) atoms. The van der Waals surface area contributed by atoms with E-state index in [1.54, 1.807) is 6.07 Å². The molecule has 1 aromatic heterocycles. The number of fused-ring (bicyclic) bond motifs is 3. The van der Waals surface area contributed by atoms with E-state index in [2.05, 4.69) is 10.6 Å². The SMILES string of the molecule is CC(=O)NCCC(=O)Nc1ccc2oc3ccccc3c2c1. The van der Waals surface area contributed by atoms with E-state index in [0.717, 1.165) is 21.9 Å². The first-order chi connectivity index (χ1) is 10.6. The van der Waals surface area contributed by atoms with Crippen LogP contribution in [0.2, 0.25) is 0 Å². The Hall–Kier alpha value is -2.82. The predicted octanol–water partition coefficient (Wildman–Crippen LogP) is 3.05. The molecule has 0 radical (unpaired) electrons. The first kappa shape index (κ1) is 14.1. The maximum absolute atomic E-state index is 11.8. The molecule has 5 heteroatoms. The molecule has 0 atom stereocenters. The Labute approximate surface area is 127 Å². The third-order valence-corrected chi connectivity index (χ3v) is 3.39. The molecule has 0 fully saturated rings. The van der Waals surface area contributed by atoms with Crippen LogP contribution in [0.1, 0.15) is 13.3 Å². The maximum Gasteiger partial charge on any atom is 0.226 e. The first-order valence-electron chi connectivity index (χ1n) is 7.09. The first-order valence-corrected chi connectivity index (χ1v) is 7.09. The zero-order chi connectivity index (χ0) is 15.5. The highest BCUT2D eigenvalue weighted by Crippen LogP contribution is 2.30. The van der Waals surface area contributed by atoms with Crippen molar-refractivity contribution in [3.8, 4) is 0 Å². The largest absolute Gasteiger partial charge is 0.456 e. The van der Waals surface area contributed by atoms with Gasteiger partial charge in [0, 0.05) is 36.3 Å². The number of amides is 2. The van der Waals surface area contributed by atoms with Gasteiger partial charge in [0.1, 0.15) is 11.2 Å². The van der Waals surface area contributed by atoms with E-state index < -0.39 is 0 Å².